The van der Waals surface area contributed by atoms with E-state index in [1.165, 1.54) is 22.3 Å². The van der Waals surface area contributed by atoms with E-state index in [-0.39, 0.29) is 38.1 Å². The fraction of sp³-hybridized carbons (Fsp3) is 0.0400. The van der Waals surface area contributed by atoms with Crippen molar-refractivity contribution in [2.75, 3.05) is 0 Å². The van der Waals surface area contributed by atoms with Crippen molar-refractivity contribution >= 4 is 0 Å². The molecular formula is C25H16Y-2. The first-order valence-electron chi connectivity index (χ1n) is 8.56. The van der Waals surface area contributed by atoms with Crippen LogP contribution >= 0.6 is 0 Å². The van der Waals surface area contributed by atoms with E-state index in [0.717, 1.165) is 11.1 Å². The first-order chi connectivity index (χ1) is 12.4. The van der Waals surface area contributed by atoms with Crippen LogP contribution in [-0.2, 0) is 38.1 Å². The quantitative estimate of drug-likeness (QED) is 0.333. The zero-order valence-electron chi connectivity index (χ0n) is 14.3. The number of benzene rings is 4. The standard InChI is InChI=1S/C25H16.Y/c1-3-11-19(12-4-1)25(20-13-5-2-6-14-20)23-17-9-7-15-21(23)22-16-8-10-18-24(22)25;/h1-11,13,15-18H;/q-2;. The molecule has 0 saturated heterocycles. The van der Waals surface area contributed by atoms with Gasteiger partial charge in [0.05, 0.1) is 0 Å². The van der Waals surface area contributed by atoms with Crippen LogP contribution in [0.15, 0.2) is 97.1 Å². The van der Waals surface area contributed by atoms with Crippen LogP contribution in [0.25, 0.3) is 11.1 Å². The Bertz CT molecular complexity index is 949. The van der Waals surface area contributed by atoms with E-state index in [1.807, 2.05) is 24.3 Å². The van der Waals surface area contributed by atoms with Gasteiger partial charge < -0.3 is 0 Å². The first kappa shape index (κ1) is 17.4. The summed E-state index contributed by atoms with van der Waals surface area (Å²) in [4.78, 5) is 0. The molecule has 0 N–H and O–H groups in total. The van der Waals surface area contributed by atoms with Crippen LogP contribution in [0.5, 0.6) is 0 Å². The largest absolute Gasteiger partial charge is 0.179 e. The van der Waals surface area contributed by atoms with E-state index in [1.54, 1.807) is 0 Å². The number of fused-ring (bicyclic) bond motifs is 3. The zero-order valence-corrected chi connectivity index (χ0v) is 17.2. The Hall–Kier alpha value is -2.02. The third kappa shape index (κ3) is 2.36. The molecule has 0 unspecified atom stereocenters. The minimum atomic E-state index is -0.365. The smallest absolute Gasteiger partial charge is 0.0266 e. The monoisotopic (exact) mass is 405 g/mol. The summed E-state index contributed by atoms with van der Waals surface area (Å²) in [5.74, 6) is 0. The van der Waals surface area contributed by atoms with Gasteiger partial charge in [0, 0.05) is 38.1 Å². The van der Waals surface area contributed by atoms with E-state index in [0.29, 0.717) is 0 Å². The molecule has 1 aliphatic rings. The van der Waals surface area contributed by atoms with Crippen molar-refractivity contribution in [3.8, 4) is 11.1 Å². The second kappa shape index (κ2) is 6.95. The van der Waals surface area contributed by atoms with Gasteiger partial charge in [0.25, 0.3) is 0 Å². The predicted molar refractivity (Wildman–Crippen MR) is 101 cm³/mol. The van der Waals surface area contributed by atoms with Gasteiger partial charge in [-0.15, -0.1) is 11.1 Å². The molecule has 0 fully saturated rings. The van der Waals surface area contributed by atoms with Crippen molar-refractivity contribution in [3.05, 3.63) is 131 Å². The third-order valence-corrected chi connectivity index (χ3v) is 5.18. The molecule has 121 valence electrons. The molecule has 4 aromatic rings. The normalized spacial score (nSPS) is 13.4. The van der Waals surface area contributed by atoms with E-state index < -0.39 is 0 Å². The zero-order chi connectivity index (χ0) is 16.7. The first-order valence-corrected chi connectivity index (χ1v) is 8.56. The molecule has 0 nitrogen and oxygen atoms in total. The van der Waals surface area contributed by atoms with Gasteiger partial charge >= 0.3 is 0 Å². The molecule has 0 heterocycles. The van der Waals surface area contributed by atoms with Gasteiger partial charge in [-0.1, -0.05) is 48.5 Å². The van der Waals surface area contributed by atoms with Crippen LogP contribution in [0.2, 0.25) is 0 Å². The van der Waals surface area contributed by atoms with Gasteiger partial charge in [-0.05, 0) is 22.3 Å². The summed E-state index contributed by atoms with van der Waals surface area (Å²) in [5.41, 5.74) is 7.17. The minimum Gasteiger partial charge on any atom is -0.179 e. The SMILES string of the molecule is [Y].[c-]1ccccc1C1(c2[c-]cccc2)c2ccccc2-c2ccccc21. The molecule has 4 aromatic carbocycles. The van der Waals surface area contributed by atoms with E-state index in [2.05, 4.69) is 84.9 Å². The summed E-state index contributed by atoms with van der Waals surface area (Å²) < 4.78 is 0. The molecule has 1 heteroatoms. The van der Waals surface area contributed by atoms with Gasteiger partial charge in [-0.2, -0.15) is 60.7 Å². The summed E-state index contributed by atoms with van der Waals surface area (Å²) in [6, 6.07) is 41.1. The maximum atomic E-state index is 3.51. The molecule has 5 rings (SSSR count). The van der Waals surface area contributed by atoms with E-state index in [9.17, 15) is 0 Å². The molecule has 0 spiro atoms. The Morgan fingerprint density at radius 3 is 1.35 bits per heavy atom. The molecule has 0 aliphatic heterocycles. The summed E-state index contributed by atoms with van der Waals surface area (Å²) in [5, 5.41) is 0. The Balaban J connectivity index is 0.00000168. The molecule has 0 aromatic heterocycles. The topological polar surface area (TPSA) is 0 Å². The number of rotatable bonds is 2. The second-order valence-electron chi connectivity index (χ2n) is 6.39. The Morgan fingerprint density at radius 1 is 0.500 bits per heavy atom. The van der Waals surface area contributed by atoms with Crippen LogP contribution in [0.3, 0.4) is 0 Å². The second-order valence-corrected chi connectivity index (χ2v) is 6.39. The average molecular weight is 405 g/mol. The van der Waals surface area contributed by atoms with Crippen molar-refractivity contribution < 1.29 is 32.7 Å². The fourth-order valence-corrected chi connectivity index (χ4v) is 4.21. The average Bonchev–Trinajstić information content (AvgIpc) is 3.01. The molecule has 0 amide bonds. The maximum absolute atomic E-state index is 3.51. The van der Waals surface area contributed by atoms with E-state index >= 15 is 0 Å². The Labute approximate surface area is 179 Å². The van der Waals surface area contributed by atoms with Crippen LogP contribution in [-0.4, -0.2) is 0 Å². The van der Waals surface area contributed by atoms with Crippen molar-refractivity contribution in [1.82, 2.24) is 0 Å². The van der Waals surface area contributed by atoms with Crippen molar-refractivity contribution in [2.45, 2.75) is 5.41 Å². The van der Waals surface area contributed by atoms with Gasteiger partial charge in [0.1, 0.15) is 0 Å². The number of hydrogen-bond acceptors (Lipinski definition) is 0. The van der Waals surface area contributed by atoms with E-state index in [4.69, 9.17) is 0 Å². The molecular weight excluding hydrogens is 389 g/mol. The molecule has 0 atom stereocenters. The van der Waals surface area contributed by atoms with Gasteiger partial charge in [0.15, 0.2) is 0 Å². The van der Waals surface area contributed by atoms with Crippen LogP contribution in [0.4, 0.5) is 0 Å². The molecule has 1 aliphatic carbocycles. The Morgan fingerprint density at radius 2 is 0.923 bits per heavy atom. The summed E-state index contributed by atoms with van der Waals surface area (Å²) in [7, 11) is 0. The van der Waals surface area contributed by atoms with Gasteiger partial charge in [-0.3, -0.25) is 0 Å². The molecule has 0 saturated carbocycles. The van der Waals surface area contributed by atoms with Crippen LogP contribution < -0.4 is 0 Å². The summed E-state index contributed by atoms with van der Waals surface area (Å²) >= 11 is 0. The van der Waals surface area contributed by atoms with Crippen molar-refractivity contribution in [3.63, 3.8) is 0 Å². The maximum Gasteiger partial charge on any atom is 0.0266 e. The van der Waals surface area contributed by atoms with Crippen molar-refractivity contribution in [2.24, 2.45) is 0 Å². The molecule has 26 heavy (non-hydrogen) atoms. The van der Waals surface area contributed by atoms with Crippen LogP contribution in [0.1, 0.15) is 22.3 Å². The number of hydrogen-bond donors (Lipinski definition) is 0. The molecule has 1 radical (unpaired) electrons. The van der Waals surface area contributed by atoms with Crippen LogP contribution in [0, 0.1) is 12.1 Å². The fourth-order valence-electron chi connectivity index (χ4n) is 4.21. The van der Waals surface area contributed by atoms with Gasteiger partial charge in [0.2, 0.25) is 0 Å². The Kier molecular flexibility index (Phi) is 4.65. The molecule has 0 bridgehead atoms. The third-order valence-electron chi connectivity index (χ3n) is 5.18. The summed E-state index contributed by atoms with van der Waals surface area (Å²) in [6.45, 7) is 0. The summed E-state index contributed by atoms with van der Waals surface area (Å²) in [6.07, 6.45) is 0. The van der Waals surface area contributed by atoms with Crippen molar-refractivity contribution in [1.29, 1.82) is 0 Å². The predicted octanol–water partition coefficient (Wildman–Crippen LogP) is 5.65. The minimum absolute atomic E-state index is 0. The van der Waals surface area contributed by atoms with Gasteiger partial charge in [-0.25, -0.2) is 0 Å².